The Morgan fingerprint density at radius 1 is 1.10 bits per heavy atom. The van der Waals surface area contributed by atoms with Crippen LogP contribution in [0.1, 0.15) is 51.9 Å². The van der Waals surface area contributed by atoms with E-state index in [4.69, 9.17) is 0 Å². The predicted octanol–water partition coefficient (Wildman–Crippen LogP) is 7.01. The van der Waals surface area contributed by atoms with E-state index < -0.39 is 0 Å². The molecule has 1 aliphatic rings. The molecule has 2 unspecified atom stereocenters. The lowest BCUT2D eigenvalue weighted by atomic mass is 9.93. The summed E-state index contributed by atoms with van der Waals surface area (Å²) in [7, 11) is 0. The third-order valence-electron chi connectivity index (χ3n) is 5.65. The van der Waals surface area contributed by atoms with Gasteiger partial charge in [-0.1, -0.05) is 56.2 Å². The summed E-state index contributed by atoms with van der Waals surface area (Å²) in [5.41, 5.74) is 1.10. The van der Waals surface area contributed by atoms with Gasteiger partial charge in [0.2, 0.25) is 0 Å². The fourth-order valence-electron chi connectivity index (χ4n) is 4.00. The molecule has 3 N–H and O–H groups in total. The van der Waals surface area contributed by atoms with Crippen molar-refractivity contribution in [3.05, 3.63) is 48.6 Å². The van der Waals surface area contributed by atoms with Crippen LogP contribution in [0, 0.1) is 5.92 Å². The summed E-state index contributed by atoms with van der Waals surface area (Å²) in [5.74, 6) is 1.10. The number of nitrogens with one attached hydrogen (secondary N) is 2. The molecule has 0 saturated heterocycles. The minimum absolute atomic E-state index is 0. The summed E-state index contributed by atoms with van der Waals surface area (Å²) >= 11 is 0. The molecule has 162 valence electrons. The molecular formula is C24H36Br2N2O. The van der Waals surface area contributed by atoms with Gasteiger partial charge in [0.15, 0.2) is 0 Å². The van der Waals surface area contributed by atoms with Gasteiger partial charge in [0.25, 0.3) is 0 Å². The van der Waals surface area contributed by atoms with E-state index in [1.165, 1.54) is 44.9 Å². The molecule has 5 heteroatoms. The number of rotatable bonds is 10. The van der Waals surface area contributed by atoms with E-state index >= 15 is 0 Å². The summed E-state index contributed by atoms with van der Waals surface area (Å²) in [6, 6.07) is 12.3. The fraction of sp³-hybridized carbons (Fsp3) is 0.500. The van der Waals surface area contributed by atoms with E-state index in [9.17, 15) is 5.11 Å². The van der Waals surface area contributed by atoms with Gasteiger partial charge in [-0.2, -0.15) is 0 Å². The van der Waals surface area contributed by atoms with Crippen LogP contribution in [0.25, 0.3) is 10.8 Å². The van der Waals surface area contributed by atoms with E-state index in [-0.39, 0.29) is 34.0 Å². The van der Waals surface area contributed by atoms with Crippen LogP contribution in [0.3, 0.4) is 0 Å². The van der Waals surface area contributed by atoms with Crippen LogP contribution < -0.4 is 10.6 Å². The number of hydrogen-bond acceptors (Lipinski definition) is 3. The Morgan fingerprint density at radius 3 is 2.66 bits per heavy atom. The normalized spacial score (nSPS) is 16.7. The Morgan fingerprint density at radius 2 is 1.90 bits per heavy atom. The van der Waals surface area contributed by atoms with Gasteiger partial charge in [-0.25, -0.2) is 0 Å². The molecule has 0 spiro atoms. The second kappa shape index (κ2) is 14.1. The van der Waals surface area contributed by atoms with Crippen molar-refractivity contribution >= 4 is 50.4 Å². The van der Waals surface area contributed by atoms with Crippen molar-refractivity contribution in [1.82, 2.24) is 5.32 Å². The Bertz CT molecular complexity index is 751. The topological polar surface area (TPSA) is 44.3 Å². The molecule has 0 saturated carbocycles. The second-order valence-electron chi connectivity index (χ2n) is 7.76. The van der Waals surface area contributed by atoms with Crippen molar-refractivity contribution in [3.63, 3.8) is 0 Å². The Balaban J connectivity index is 0.00000210. The van der Waals surface area contributed by atoms with Crippen LogP contribution in [0.2, 0.25) is 0 Å². The lowest BCUT2D eigenvalue weighted by molar-refractivity contribution is 0.432. The van der Waals surface area contributed by atoms with E-state index in [1.807, 2.05) is 18.2 Å². The Hall–Kier alpha value is -1.04. The number of unbranched alkanes of at least 4 members (excludes halogenated alkanes) is 1. The average molecular weight is 528 g/mol. The highest BCUT2D eigenvalue weighted by molar-refractivity contribution is 8.93. The maximum Gasteiger partial charge on any atom is 0.123 e. The second-order valence-corrected chi connectivity index (χ2v) is 7.76. The number of halogens is 2. The number of benzene rings is 2. The van der Waals surface area contributed by atoms with Gasteiger partial charge in [-0.3, -0.25) is 0 Å². The first kappa shape index (κ1) is 26.0. The van der Waals surface area contributed by atoms with Crippen LogP contribution in [0.4, 0.5) is 5.69 Å². The number of fused-ring (bicyclic) bond motifs is 1. The van der Waals surface area contributed by atoms with Gasteiger partial charge in [0, 0.05) is 29.0 Å². The fourth-order valence-corrected chi connectivity index (χ4v) is 4.00. The Kier molecular flexibility index (Phi) is 12.6. The van der Waals surface area contributed by atoms with Crippen molar-refractivity contribution in [1.29, 1.82) is 0 Å². The third kappa shape index (κ3) is 7.95. The average Bonchev–Trinajstić information content (AvgIpc) is 2.71. The minimum atomic E-state index is 0. The van der Waals surface area contributed by atoms with Gasteiger partial charge in [0.1, 0.15) is 5.75 Å². The zero-order valence-electron chi connectivity index (χ0n) is 17.4. The van der Waals surface area contributed by atoms with Crippen molar-refractivity contribution in [3.8, 4) is 5.75 Å². The van der Waals surface area contributed by atoms with E-state index in [0.717, 1.165) is 35.5 Å². The maximum atomic E-state index is 10.1. The first-order valence-electron chi connectivity index (χ1n) is 10.6. The summed E-state index contributed by atoms with van der Waals surface area (Å²) in [4.78, 5) is 0. The zero-order chi connectivity index (χ0) is 18.9. The molecule has 3 rings (SSSR count). The standard InChI is InChI=1S/C24H34N2O.2BrH/c1-2-3-11-20(25-17-16-19-9-5-4-6-10-19)18-26-23-14-7-13-22-21(23)12-8-15-24(22)27;;/h5,7-9,12-15,19-20,25-27H,2-4,6,10-11,16-18H2,1H3;2*1H. The van der Waals surface area contributed by atoms with Crippen LogP contribution in [-0.4, -0.2) is 24.2 Å². The highest BCUT2D eigenvalue weighted by Crippen LogP contribution is 2.29. The van der Waals surface area contributed by atoms with Crippen LogP contribution in [-0.2, 0) is 0 Å². The van der Waals surface area contributed by atoms with Crippen LogP contribution in [0.15, 0.2) is 48.6 Å². The Labute approximate surface area is 196 Å². The number of allylic oxidation sites excluding steroid dienone is 2. The summed E-state index contributed by atoms with van der Waals surface area (Å²) < 4.78 is 0. The van der Waals surface area contributed by atoms with E-state index in [1.54, 1.807) is 6.07 Å². The van der Waals surface area contributed by atoms with Gasteiger partial charge in [-0.15, -0.1) is 34.0 Å². The van der Waals surface area contributed by atoms with Crippen LogP contribution in [0.5, 0.6) is 5.75 Å². The summed E-state index contributed by atoms with van der Waals surface area (Å²) in [5, 5.41) is 19.5. The SMILES string of the molecule is Br.Br.CCCCC(CNc1cccc2c(O)cccc12)NCCC1C=CCCC1. The molecule has 3 nitrogen and oxygen atoms in total. The number of anilines is 1. The molecule has 1 aliphatic carbocycles. The monoisotopic (exact) mass is 526 g/mol. The molecule has 0 bridgehead atoms. The summed E-state index contributed by atoms with van der Waals surface area (Å²) in [6.45, 7) is 4.25. The first-order valence-corrected chi connectivity index (χ1v) is 10.6. The minimum Gasteiger partial charge on any atom is -0.507 e. The van der Waals surface area contributed by atoms with Crippen molar-refractivity contribution in [2.24, 2.45) is 5.92 Å². The number of aromatic hydroxyl groups is 1. The van der Waals surface area contributed by atoms with Crippen LogP contribution >= 0.6 is 34.0 Å². The van der Waals surface area contributed by atoms with E-state index in [0.29, 0.717) is 11.8 Å². The molecule has 2 aromatic carbocycles. The van der Waals surface area contributed by atoms with Crippen molar-refractivity contribution in [2.75, 3.05) is 18.4 Å². The molecule has 0 aliphatic heterocycles. The molecular weight excluding hydrogens is 492 g/mol. The molecule has 29 heavy (non-hydrogen) atoms. The number of phenols is 1. The molecule has 0 radical (unpaired) electrons. The third-order valence-corrected chi connectivity index (χ3v) is 5.65. The molecule has 0 aromatic heterocycles. The smallest absolute Gasteiger partial charge is 0.123 e. The molecule has 0 heterocycles. The highest BCUT2D eigenvalue weighted by atomic mass is 79.9. The number of phenolic OH excluding ortho intramolecular Hbond substituents is 1. The highest BCUT2D eigenvalue weighted by Gasteiger charge is 2.12. The van der Waals surface area contributed by atoms with Gasteiger partial charge < -0.3 is 15.7 Å². The van der Waals surface area contributed by atoms with Gasteiger partial charge in [0.05, 0.1) is 0 Å². The molecule has 2 aromatic rings. The lowest BCUT2D eigenvalue weighted by Crippen LogP contribution is -2.36. The predicted molar refractivity (Wildman–Crippen MR) is 137 cm³/mol. The lowest BCUT2D eigenvalue weighted by Gasteiger charge is -2.22. The van der Waals surface area contributed by atoms with E-state index in [2.05, 4.69) is 41.8 Å². The summed E-state index contributed by atoms with van der Waals surface area (Å²) in [6.07, 6.45) is 13.6. The number of hydrogen-bond donors (Lipinski definition) is 3. The van der Waals surface area contributed by atoms with Crippen molar-refractivity contribution in [2.45, 2.75) is 57.9 Å². The quantitative estimate of drug-likeness (QED) is 0.291. The van der Waals surface area contributed by atoms with Crippen molar-refractivity contribution < 1.29 is 5.11 Å². The zero-order valence-corrected chi connectivity index (χ0v) is 20.8. The largest absolute Gasteiger partial charge is 0.507 e. The van der Waals surface area contributed by atoms with Gasteiger partial charge in [-0.05, 0) is 56.7 Å². The molecule has 2 atom stereocenters. The maximum absolute atomic E-state index is 10.1. The first-order chi connectivity index (χ1) is 13.3. The molecule has 0 fully saturated rings. The van der Waals surface area contributed by atoms with Gasteiger partial charge >= 0.3 is 0 Å². The molecule has 0 amide bonds.